The van der Waals surface area contributed by atoms with Crippen LogP contribution in [0.25, 0.3) is 0 Å². The molecule has 1 saturated heterocycles. The second-order valence-corrected chi connectivity index (χ2v) is 10.0. The molecule has 1 amide bonds. The lowest BCUT2D eigenvalue weighted by molar-refractivity contribution is -0.116. The smallest absolute Gasteiger partial charge is 0.242 e. The molecule has 0 radical (unpaired) electrons. The summed E-state index contributed by atoms with van der Waals surface area (Å²) in [4.78, 5) is 11.9. The molecular weight excluding hydrogens is 388 g/mol. The molecule has 27 heavy (non-hydrogen) atoms. The van der Waals surface area contributed by atoms with Crippen LogP contribution in [-0.4, -0.2) is 28.5 Å². The monoisotopic (exact) mass is 408 g/mol. The molecule has 0 saturated carbocycles. The third kappa shape index (κ3) is 3.90. The highest BCUT2D eigenvalue weighted by molar-refractivity contribution is 7.94. The first-order valence-electron chi connectivity index (χ1n) is 8.35. The first-order valence-corrected chi connectivity index (χ1v) is 11.4. The van der Waals surface area contributed by atoms with Gasteiger partial charge in [-0.2, -0.15) is 0 Å². The zero-order valence-corrected chi connectivity index (χ0v) is 16.5. The van der Waals surface area contributed by atoms with Crippen LogP contribution in [0, 0.1) is 6.92 Å². The van der Waals surface area contributed by atoms with E-state index < -0.39 is 32.0 Å². The van der Waals surface area contributed by atoms with Gasteiger partial charge >= 0.3 is 0 Å². The van der Waals surface area contributed by atoms with Gasteiger partial charge < -0.3 is 0 Å². The number of nitrogens with zero attached hydrogens (tertiary/aromatic N) is 1. The van der Waals surface area contributed by atoms with Gasteiger partial charge in [-0.3, -0.25) is 4.79 Å². The summed E-state index contributed by atoms with van der Waals surface area (Å²) in [6.45, 7) is 3.34. The lowest BCUT2D eigenvalue weighted by atomic mass is 10.1. The summed E-state index contributed by atoms with van der Waals surface area (Å²) in [6.07, 6.45) is -0.110. The molecule has 3 rings (SSSR count). The third-order valence-electron chi connectivity index (χ3n) is 4.41. The van der Waals surface area contributed by atoms with E-state index in [1.807, 2.05) is 30.3 Å². The fourth-order valence-corrected chi connectivity index (χ4v) is 5.93. The first kappa shape index (κ1) is 19.5. The molecular formula is C18H20N2O5S2. The van der Waals surface area contributed by atoms with Gasteiger partial charge in [0.2, 0.25) is 26.0 Å². The fraction of sp³-hybridized carbons (Fsp3) is 0.278. The molecule has 7 nitrogen and oxygen atoms in total. The Morgan fingerprint density at radius 1 is 1.11 bits per heavy atom. The molecule has 1 fully saturated rings. The van der Waals surface area contributed by atoms with Gasteiger partial charge in [0.1, 0.15) is 0 Å². The highest BCUT2D eigenvalue weighted by atomic mass is 32.2. The molecule has 2 aromatic carbocycles. The molecule has 0 unspecified atom stereocenters. The summed E-state index contributed by atoms with van der Waals surface area (Å²) in [5.41, 5.74) is 1.29. The molecule has 1 N–H and O–H groups in total. The third-order valence-corrected chi connectivity index (χ3v) is 7.78. The van der Waals surface area contributed by atoms with Gasteiger partial charge in [0.15, 0.2) is 0 Å². The normalized spacial score (nSPS) is 17.9. The predicted octanol–water partition coefficient (Wildman–Crippen LogP) is 2.10. The van der Waals surface area contributed by atoms with Crippen molar-refractivity contribution < 1.29 is 21.6 Å². The number of aryl methyl sites for hydroxylation is 1. The van der Waals surface area contributed by atoms with Crippen LogP contribution in [0.3, 0.4) is 0 Å². The van der Waals surface area contributed by atoms with Crippen molar-refractivity contribution in [3.63, 3.8) is 0 Å². The van der Waals surface area contributed by atoms with Gasteiger partial charge in [0.05, 0.1) is 16.3 Å². The number of hydrogen-bond acceptors (Lipinski definition) is 5. The molecule has 1 atom stereocenters. The number of hydrogen-bond donors (Lipinski definition) is 1. The number of benzene rings is 2. The Balaban J connectivity index is 1.97. The summed E-state index contributed by atoms with van der Waals surface area (Å²) in [6, 6.07) is 12.8. The number of rotatable bonds is 5. The minimum Gasteiger partial charge on any atom is -0.273 e. The first-order chi connectivity index (χ1) is 12.6. The fourth-order valence-electron chi connectivity index (χ4n) is 2.98. The van der Waals surface area contributed by atoms with Crippen LogP contribution in [0.2, 0.25) is 0 Å². The summed E-state index contributed by atoms with van der Waals surface area (Å²) in [5.74, 6) is -0.835. The van der Waals surface area contributed by atoms with Crippen molar-refractivity contribution >= 4 is 31.6 Å². The molecule has 9 heteroatoms. The van der Waals surface area contributed by atoms with Crippen LogP contribution in [0.4, 0.5) is 5.69 Å². The van der Waals surface area contributed by atoms with E-state index in [0.29, 0.717) is 9.87 Å². The van der Waals surface area contributed by atoms with E-state index >= 15 is 0 Å². The maximum absolute atomic E-state index is 12.9. The summed E-state index contributed by atoms with van der Waals surface area (Å²) < 4.78 is 53.3. The molecule has 0 bridgehead atoms. The second-order valence-electron chi connectivity index (χ2n) is 6.43. The second kappa shape index (κ2) is 7.06. The van der Waals surface area contributed by atoms with Gasteiger partial charge in [-0.05, 0) is 37.1 Å². The molecule has 144 valence electrons. The minimum atomic E-state index is -3.93. The number of carbonyl (C=O) groups excluding carboxylic acids is 1. The quantitative estimate of drug-likeness (QED) is 0.817. The molecule has 0 aliphatic carbocycles. The average molecular weight is 409 g/mol. The van der Waals surface area contributed by atoms with Gasteiger partial charge in [-0.15, -0.1) is 0 Å². The number of amides is 1. The Hall–Kier alpha value is -2.23. The van der Waals surface area contributed by atoms with Crippen molar-refractivity contribution in [1.29, 1.82) is 0 Å². The molecule has 1 aliphatic heterocycles. The predicted molar refractivity (Wildman–Crippen MR) is 102 cm³/mol. The van der Waals surface area contributed by atoms with Crippen molar-refractivity contribution in [3.05, 3.63) is 59.7 Å². The van der Waals surface area contributed by atoms with E-state index in [-0.39, 0.29) is 22.8 Å². The van der Waals surface area contributed by atoms with Crippen molar-refractivity contribution in [2.45, 2.75) is 31.2 Å². The number of sulfonamides is 2. The lowest BCUT2D eigenvalue weighted by Crippen LogP contribution is -2.30. The highest BCUT2D eigenvalue weighted by Gasteiger charge is 2.37. The van der Waals surface area contributed by atoms with Gasteiger partial charge in [-0.1, -0.05) is 36.4 Å². The zero-order chi connectivity index (χ0) is 19.8. The maximum Gasteiger partial charge on any atom is 0.242 e. The summed E-state index contributed by atoms with van der Waals surface area (Å²) in [7, 11) is -7.69. The largest absolute Gasteiger partial charge is 0.273 e. The van der Waals surface area contributed by atoms with E-state index in [1.165, 1.54) is 18.2 Å². The Kier molecular flexibility index (Phi) is 5.11. The van der Waals surface area contributed by atoms with E-state index in [1.54, 1.807) is 13.8 Å². The maximum atomic E-state index is 12.9. The minimum absolute atomic E-state index is 0.0378. The Labute approximate surface area is 159 Å². The van der Waals surface area contributed by atoms with Crippen molar-refractivity contribution in [2.75, 3.05) is 10.1 Å². The molecule has 1 heterocycles. The Bertz CT molecular complexity index is 1080. The van der Waals surface area contributed by atoms with E-state index in [2.05, 4.69) is 4.72 Å². The SMILES string of the molecule is Cc1ccc(N2C(=O)CCS2(=O)=O)cc1S(=O)(=O)N[C@@H](C)c1ccccc1. The van der Waals surface area contributed by atoms with Crippen molar-refractivity contribution in [1.82, 2.24) is 4.72 Å². The van der Waals surface area contributed by atoms with E-state index in [4.69, 9.17) is 0 Å². The van der Waals surface area contributed by atoms with Crippen LogP contribution in [-0.2, 0) is 24.8 Å². The van der Waals surface area contributed by atoms with Crippen LogP contribution >= 0.6 is 0 Å². The summed E-state index contributed by atoms with van der Waals surface area (Å²) in [5, 5.41) is 0. The van der Waals surface area contributed by atoms with Gasteiger partial charge in [-0.25, -0.2) is 25.9 Å². The van der Waals surface area contributed by atoms with Gasteiger partial charge in [0.25, 0.3) is 0 Å². The molecule has 0 spiro atoms. The Morgan fingerprint density at radius 2 is 1.78 bits per heavy atom. The molecule has 0 aromatic heterocycles. The lowest BCUT2D eigenvalue weighted by Gasteiger charge is -2.19. The van der Waals surface area contributed by atoms with E-state index in [9.17, 15) is 21.6 Å². The number of carbonyl (C=O) groups is 1. The molecule has 1 aliphatic rings. The van der Waals surface area contributed by atoms with Crippen LogP contribution in [0.1, 0.15) is 30.5 Å². The highest BCUT2D eigenvalue weighted by Crippen LogP contribution is 2.29. The van der Waals surface area contributed by atoms with Gasteiger partial charge in [0, 0.05) is 12.5 Å². The average Bonchev–Trinajstić information content (AvgIpc) is 2.89. The van der Waals surface area contributed by atoms with Crippen LogP contribution in [0.15, 0.2) is 53.4 Å². The summed E-state index contributed by atoms with van der Waals surface area (Å²) >= 11 is 0. The molecule has 2 aromatic rings. The Morgan fingerprint density at radius 3 is 2.37 bits per heavy atom. The van der Waals surface area contributed by atoms with Crippen molar-refractivity contribution in [3.8, 4) is 0 Å². The van der Waals surface area contributed by atoms with Crippen LogP contribution < -0.4 is 9.03 Å². The van der Waals surface area contributed by atoms with E-state index in [0.717, 1.165) is 5.56 Å². The van der Waals surface area contributed by atoms with Crippen molar-refractivity contribution in [2.24, 2.45) is 0 Å². The number of anilines is 1. The number of nitrogens with one attached hydrogen (secondary N) is 1. The zero-order valence-electron chi connectivity index (χ0n) is 14.9. The van der Waals surface area contributed by atoms with Crippen LogP contribution in [0.5, 0.6) is 0 Å². The standard InChI is InChI=1S/C18H20N2O5S2/c1-13-8-9-16(20-18(21)10-11-26(20,22)23)12-17(13)27(24,25)19-14(2)15-6-4-3-5-7-15/h3-9,12,14,19H,10-11H2,1-2H3/t14-/m0/s1. The topological polar surface area (TPSA) is 101 Å².